The molecule has 0 bridgehead atoms. The molecule has 1 N–H and O–H groups in total. The Labute approximate surface area is 94.4 Å². The van der Waals surface area contributed by atoms with E-state index >= 15 is 0 Å². The summed E-state index contributed by atoms with van der Waals surface area (Å²) in [5.74, 6) is -0.884. The third kappa shape index (κ3) is 3.05. The van der Waals surface area contributed by atoms with Crippen LogP contribution in [0.1, 0.15) is 34.8 Å². The van der Waals surface area contributed by atoms with E-state index in [0.717, 1.165) is 17.2 Å². The molecule has 0 aromatic heterocycles. The smallest absolute Gasteiger partial charge is 0.328 e. The van der Waals surface area contributed by atoms with E-state index in [4.69, 9.17) is 5.11 Å². The Balaban J connectivity index is 3.00. The van der Waals surface area contributed by atoms with Crippen molar-refractivity contribution in [2.45, 2.75) is 20.3 Å². The van der Waals surface area contributed by atoms with Gasteiger partial charge in [-0.3, -0.25) is 4.79 Å². The minimum absolute atomic E-state index is 0.0943. The molecule has 0 heterocycles. The van der Waals surface area contributed by atoms with E-state index in [1.54, 1.807) is 18.2 Å². The number of aryl methyl sites for hydroxylation is 1. The Morgan fingerprint density at radius 3 is 2.56 bits per heavy atom. The molecular weight excluding hydrogens is 204 g/mol. The van der Waals surface area contributed by atoms with Crippen molar-refractivity contribution in [3.8, 4) is 0 Å². The molecule has 3 heteroatoms. The predicted molar refractivity (Wildman–Crippen MR) is 62.5 cm³/mol. The van der Waals surface area contributed by atoms with Gasteiger partial charge in [0, 0.05) is 18.1 Å². The number of rotatable bonds is 4. The molecule has 0 unspecified atom stereocenters. The largest absolute Gasteiger partial charge is 0.478 e. The fourth-order valence-corrected chi connectivity index (χ4v) is 1.40. The number of carbonyl (C=O) groups is 2. The summed E-state index contributed by atoms with van der Waals surface area (Å²) in [6.07, 6.45) is 3.09. The minimum atomic E-state index is -0.979. The second-order valence-corrected chi connectivity index (χ2v) is 3.52. The van der Waals surface area contributed by atoms with Crippen molar-refractivity contribution in [2.75, 3.05) is 0 Å². The SMILES string of the molecule is CCC(=O)c1ccc(/C=C/C(=O)O)c(C)c1. The second kappa shape index (κ2) is 5.26. The van der Waals surface area contributed by atoms with Crippen LogP contribution in [-0.4, -0.2) is 16.9 Å². The third-order valence-electron chi connectivity index (χ3n) is 2.32. The monoisotopic (exact) mass is 218 g/mol. The third-order valence-corrected chi connectivity index (χ3v) is 2.32. The van der Waals surface area contributed by atoms with Gasteiger partial charge in [-0.15, -0.1) is 0 Å². The van der Waals surface area contributed by atoms with Crippen molar-refractivity contribution in [2.24, 2.45) is 0 Å². The predicted octanol–water partition coefficient (Wildman–Crippen LogP) is 2.69. The Morgan fingerprint density at radius 2 is 2.06 bits per heavy atom. The van der Waals surface area contributed by atoms with E-state index in [2.05, 4.69) is 0 Å². The van der Waals surface area contributed by atoms with E-state index in [1.807, 2.05) is 13.8 Å². The summed E-state index contributed by atoms with van der Waals surface area (Å²) in [5.41, 5.74) is 2.39. The molecule has 84 valence electrons. The van der Waals surface area contributed by atoms with Crippen molar-refractivity contribution >= 4 is 17.8 Å². The molecular formula is C13H14O3. The molecule has 1 aromatic rings. The minimum Gasteiger partial charge on any atom is -0.478 e. The van der Waals surface area contributed by atoms with Crippen LogP contribution in [0.4, 0.5) is 0 Å². The lowest BCUT2D eigenvalue weighted by molar-refractivity contribution is -0.131. The van der Waals surface area contributed by atoms with Gasteiger partial charge in [-0.2, -0.15) is 0 Å². The van der Waals surface area contributed by atoms with E-state index in [1.165, 1.54) is 6.08 Å². The first-order chi connectivity index (χ1) is 7.54. The molecule has 1 aromatic carbocycles. The molecule has 3 nitrogen and oxygen atoms in total. The van der Waals surface area contributed by atoms with Crippen LogP contribution >= 0.6 is 0 Å². The molecule has 0 atom stereocenters. The van der Waals surface area contributed by atoms with Crippen LogP contribution in [0.15, 0.2) is 24.3 Å². The molecule has 0 amide bonds. The van der Waals surface area contributed by atoms with Gasteiger partial charge in [-0.25, -0.2) is 4.79 Å². The Hall–Kier alpha value is -1.90. The summed E-state index contributed by atoms with van der Waals surface area (Å²) < 4.78 is 0. The van der Waals surface area contributed by atoms with Gasteiger partial charge in [0.25, 0.3) is 0 Å². The molecule has 0 saturated heterocycles. The van der Waals surface area contributed by atoms with Crippen LogP contribution in [0.25, 0.3) is 6.08 Å². The fraction of sp³-hybridized carbons (Fsp3) is 0.231. The maximum Gasteiger partial charge on any atom is 0.328 e. The summed E-state index contributed by atoms with van der Waals surface area (Å²) in [6, 6.07) is 5.27. The first kappa shape index (κ1) is 12.2. The number of hydrogen-bond donors (Lipinski definition) is 1. The highest BCUT2D eigenvalue weighted by Crippen LogP contribution is 2.14. The number of hydrogen-bond acceptors (Lipinski definition) is 2. The number of aliphatic carboxylic acids is 1. The number of carboxylic acid groups (broad SMARTS) is 1. The van der Waals surface area contributed by atoms with Gasteiger partial charge >= 0.3 is 5.97 Å². The zero-order valence-electron chi connectivity index (χ0n) is 9.36. The van der Waals surface area contributed by atoms with Gasteiger partial charge in [-0.1, -0.05) is 19.1 Å². The van der Waals surface area contributed by atoms with Crippen LogP contribution in [0.3, 0.4) is 0 Å². The summed E-state index contributed by atoms with van der Waals surface area (Å²) in [4.78, 5) is 21.8. The number of Topliss-reactive ketones (excluding diaryl/α,β-unsaturated/α-hetero) is 1. The van der Waals surface area contributed by atoms with Crippen molar-refractivity contribution < 1.29 is 14.7 Å². The molecule has 0 aliphatic rings. The van der Waals surface area contributed by atoms with E-state index in [0.29, 0.717) is 12.0 Å². The lowest BCUT2D eigenvalue weighted by Gasteiger charge is -2.03. The van der Waals surface area contributed by atoms with Crippen molar-refractivity contribution in [1.82, 2.24) is 0 Å². The topological polar surface area (TPSA) is 54.4 Å². The maximum absolute atomic E-state index is 11.4. The van der Waals surface area contributed by atoms with Crippen molar-refractivity contribution in [1.29, 1.82) is 0 Å². The zero-order chi connectivity index (χ0) is 12.1. The maximum atomic E-state index is 11.4. The Bertz CT molecular complexity index is 444. The summed E-state index contributed by atoms with van der Waals surface area (Å²) in [7, 11) is 0. The van der Waals surface area contributed by atoms with Crippen LogP contribution < -0.4 is 0 Å². The molecule has 0 spiro atoms. The summed E-state index contributed by atoms with van der Waals surface area (Å²) >= 11 is 0. The van der Waals surface area contributed by atoms with Crippen molar-refractivity contribution in [3.63, 3.8) is 0 Å². The standard InChI is InChI=1S/C13H14O3/c1-3-12(14)11-5-4-10(9(2)8-11)6-7-13(15)16/h4-8H,3H2,1-2H3,(H,15,16)/b7-6+. The zero-order valence-corrected chi connectivity index (χ0v) is 9.36. The van der Waals surface area contributed by atoms with Crippen molar-refractivity contribution in [3.05, 3.63) is 41.0 Å². The van der Waals surface area contributed by atoms with Crippen LogP contribution in [0, 0.1) is 6.92 Å². The lowest BCUT2D eigenvalue weighted by Crippen LogP contribution is -1.97. The quantitative estimate of drug-likeness (QED) is 0.624. The summed E-state index contributed by atoms with van der Waals surface area (Å²) in [6.45, 7) is 3.67. The van der Waals surface area contributed by atoms with E-state index < -0.39 is 5.97 Å². The highest BCUT2D eigenvalue weighted by atomic mass is 16.4. The van der Waals surface area contributed by atoms with Crippen LogP contribution in [0.2, 0.25) is 0 Å². The van der Waals surface area contributed by atoms with E-state index in [9.17, 15) is 9.59 Å². The molecule has 0 radical (unpaired) electrons. The number of carboxylic acids is 1. The van der Waals surface area contributed by atoms with Gasteiger partial charge in [0.2, 0.25) is 0 Å². The van der Waals surface area contributed by atoms with Crippen LogP contribution in [0.5, 0.6) is 0 Å². The number of benzene rings is 1. The fourth-order valence-electron chi connectivity index (χ4n) is 1.40. The highest BCUT2D eigenvalue weighted by molar-refractivity contribution is 5.96. The Morgan fingerprint density at radius 1 is 1.38 bits per heavy atom. The molecule has 0 aliphatic heterocycles. The molecule has 16 heavy (non-hydrogen) atoms. The second-order valence-electron chi connectivity index (χ2n) is 3.52. The normalized spacial score (nSPS) is 10.6. The van der Waals surface area contributed by atoms with Gasteiger partial charge < -0.3 is 5.11 Å². The summed E-state index contributed by atoms with van der Waals surface area (Å²) in [5, 5.41) is 8.51. The average molecular weight is 218 g/mol. The average Bonchev–Trinajstić information content (AvgIpc) is 2.26. The van der Waals surface area contributed by atoms with Gasteiger partial charge in [-0.05, 0) is 30.2 Å². The highest BCUT2D eigenvalue weighted by Gasteiger charge is 2.04. The van der Waals surface area contributed by atoms with Gasteiger partial charge in [0.15, 0.2) is 5.78 Å². The Kier molecular flexibility index (Phi) is 4.00. The number of ketones is 1. The van der Waals surface area contributed by atoms with Gasteiger partial charge in [0.1, 0.15) is 0 Å². The van der Waals surface area contributed by atoms with E-state index in [-0.39, 0.29) is 5.78 Å². The number of carbonyl (C=O) groups excluding carboxylic acids is 1. The molecule has 0 aliphatic carbocycles. The molecule has 0 saturated carbocycles. The van der Waals surface area contributed by atoms with Gasteiger partial charge in [0.05, 0.1) is 0 Å². The first-order valence-electron chi connectivity index (χ1n) is 5.09. The lowest BCUT2D eigenvalue weighted by atomic mass is 10.0. The first-order valence-corrected chi connectivity index (χ1v) is 5.09. The molecule has 0 fully saturated rings. The molecule has 1 rings (SSSR count). The van der Waals surface area contributed by atoms with Crippen LogP contribution in [-0.2, 0) is 4.79 Å².